The lowest BCUT2D eigenvalue weighted by atomic mass is 10.0. The van der Waals surface area contributed by atoms with E-state index in [1.165, 1.54) is 19.3 Å². The fourth-order valence-corrected chi connectivity index (χ4v) is 4.21. The molecule has 7 nitrogen and oxygen atoms in total. The molecule has 5 rings (SSSR count). The third kappa shape index (κ3) is 4.99. The van der Waals surface area contributed by atoms with Crippen LogP contribution in [0.25, 0.3) is 33.8 Å². The van der Waals surface area contributed by atoms with Gasteiger partial charge in [-0.1, -0.05) is 24.6 Å². The average molecular weight is 439 g/mol. The summed E-state index contributed by atoms with van der Waals surface area (Å²) in [4.78, 5) is 23.6. The molecule has 1 aliphatic heterocycles. The second-order valence-electron chi connectivity index (χ2n) is 8.27. The monoisotopic (exact) mass is 438 g/mol. The van der Waals surface area contributed by atoms with Gasteiger partial charge in [0, 0.05) is 29.2 Å². The first kappa shape index (κ1) is 21.0. The van der Waals surface area contributed by atoms with Gasteiger partial charge in [0.2, 0.25) is 5.91 Å². The van der Waals surface area contributed by atoms with Gasteiger partial charge in [0.1, 0.15) is 0 Å². The van der Waals surface area contributed by atoms with Crippen LogP contribution < -0.4 is 5.32 Å². The number of pyridine rings is 2. The molecule has 7 heteroatoms. The van der Waals surface area contributed by atoms with Gasteiger partial charge in [0.15, 0.2) is 0 Å². The quantitative estimate of drug-likeness (QED) is 0.459. The molecule has 0 atom stereocenters. The molecule has 166 valence electrons. The van der Waals surface area contributed by atoms with Gasteiger partial charge in [-0.3, -0.25) is 24.8 Å². The molecule has 4 heterocycles. The van der Waals surface area contributed by atoms with E-state index in [1.54, 1.807) is 12.4 Å². The maximum absolute atomic E-state index is 12.4. The summed E-state index contributed by atoms with van der Waals surface area (Å²) in [6.45, 7) is 2.47. The summed E-state index contributed by atoms with van der Waals surface area (Å²) in [6.07, 6.45) is 9.00. The number of nitrogens with zero attached hydrogens (tertiary/aromatic N) is 4. The molecule has 2 N–H and O–H groups in total. The van der Waals surface area contributed by atoms with Crippen molar-refractivity contribution in [1.29, 1.82) is 0 Å². The number of benzene rings is 1. The minimum Gasteiger partial charge on any atom is -0.325 e. The first-order valence-electron chi connectivity index (χ1n) is 11.3. The number of H-pyrrole nitrogens is 1. The highest BCUT2D eigenvalue weighted by atomic mass is 16.2. The standard InChI is InChI=1S/C26H26N6O/c33-25(18-32-14-4-1-5-15-32)30-21-9-7-19(8-10-21)24-16-20(11-13-28-24)22-17-29-31-26(22)23-6-2-3-12-27-23/h2-3,6-13,16-17H,1,4-5,14-15,18H2,(H,29,31)(H,30,33). The molecule has 3 aromatic heterocycles. The predicted octanol–water partition coefficient (Wildman–Crippen LogP) is 4.63. The maximum Gasteiger partial charge on any atom is 0.238 e. The number of aromatic amines is 1. The molecule has 1 saturated heterocycles. The van der Waals surface area contributed by atoms with Gasteiger partial charge in [-0.25, -0.2) is 0 Å². The fraction of sp³-hybridized carbons (Fsp3) is 0.231. The second kappa shape index (κ2) is 9.75. The van der Waals surface area contributed by atoms with E-state index in [9.17, 15) is 4.79 Å². The Morgan fingerprint density at radius 3 is 2.52 bits per heavy atom. The van der Waals surface area contributed by atoms with Gasteiger partial charge in [0.25, 0.3) is 0 Å². The zero-order valence-electron chi connectivity index (χ0n) is 18.4. The summed E-state index contributed by atoms with van der Waals surface area (Å²) in [5, 5.41) is 10.3. The Morgan fingerprint density at radius 2 is 1.73 bits per heavy atom. The van der Waals surface area contributed by atoms with Crippen LogP contribution in [-0.4, -0.2) is 50.6 Å². The first-order valence-corrected chi connectivity index (χ1v) is 11.3. The normalized spacial score (nSPS) is 14.2. The molecule has 4 aromatic rings. The second-order valence-corrected chi connectivity index (χ2v) is 8.27. The molecule has 1 fully saturated rings. The van der Waals surface area contributed by atoms with Crippen LogP contribution in [0.2, 0.25) is 0 Å². The highest BCUT2D eigenvalue weighted by Crippen LogP contribution is 2.31. The zero-order chi connectivity index (χ0) is 22.5. The van der Waals surface area contributed by atoms with Crippen molar-refractivity contribution < 1.29 is 4.79 Å². The highest BCUT2D eigenvalue weighted by Gasteiger charge is 2.14. The van der Waals surface area contributed by atoms with E-state index in [4.69, 9.17) is 0 Å². The summed E-state index contributed by atoms with van der Waals surface area (Å²) >= 11 is 0. The molecule has 0 saturated carbocycles. The molecule has 1 aromatic carbocycles. The minimum atomic E-state index is 0.0341. The molecular weight excluding hydrogens is 412 g/mol. The lowest BCUT2D eigenvalue weighted by Gasteiger charge is -2.25. The van der Waals surface area contributed by atoms with E-state index in [1.807, 2.05) is 60.8 Å². The summed E-state index contributed by atoms with van der Waals surface area (Å²) in [5.41, 5.74) is 6.32. The van der Waals surface area contributed by atoms with Crippen LogP contribution in [-0.2, 0) is 4.79 Å². The van der Waals surface area contributed by atoms with Crippen molar-refractivity contribution in [3.63, 3.8) is 0 Å². The molecule has 1 aliphatic rings. The number of rotatable bonds is 6. The molecule has 0 spiro atoms. The minimum absolute atomic E-state index is 0.0341. The Bertz CT molecular complexity index is 1210. The Balaban J connectivity index is 1.31. The number of aromatic nitrogens is 4. The lowest BCUT2D eigenvalue weighted by molar-refractivity contribution is -0.117. The molecule has 0 unspecified atom stereocenters. The van der Waals surface area contributed by atoms with E-state index < -0.39 is 0 Å². The SMILES string of the molecule is O=C(CN1CCCCC1)Nc1ccc(-c2cc(-c3cn[nH]c3-c3ccccn3)ccn2)cc1. The van der Waals surface area contributed by atoms with Crippen molar-refractivity contribution in [2.75, 3.05) is 25.0 Å². The van der Waals surface area contributed by atoms with E-state index >= 15 is 0 Å². The van der Waals surface area contributed by atoms with Crippen molar-refractivity contribution in [2.24, 2.45) is 0 Å². The lowest BCUT2D eigenvalue weighted by Crippen LogP contribution is -2.36. The third-order valence-electron chi connectivity index (χ3n) is 5.91. The molecule has 0 bridgehead atoms. The fourth-order valence-electron chi connectivity index (χ4n) is 4.21. The van der Waals surface area contributed by atoms with Gasteiger partial charge in [0.05, 0.1) is 29.8 Å². The Hall–Kier alpha value is -3.84. The number of carbonyl (C=O) groups is 1. The molecule has 0 radical (unpaired) electrons. The molecule has 1 amide bonds. The largest absolute Gasteiger partial charge is 0.325 e. The van der Waals surface area contributed by atoms with Crippen LogP contribution in [0, 0.1) is 0 Å². The maximum atomic E-state index is 12.4. The Labute approximate surface area is 192 Å². The molecule has 33 heavy (non-hydrogen) atoms. The number of carbonyl (C=O) groups excluding carboxylic acids is 1. The first-order chi connectivity index (χ1) is 16.3. The summed E-state index contributed by atoms with van der Waals surface area (Å²) in [6, 6.07) is 17.6. The van der Waals surface area contributed by atoms with Crippen molar-refractivity contribution in [2.45, 2.75) is 19.3 Å². The number of piperidine rings is 1. The summed E-state index contributed by atoms with van der Waals surface area (Å²) < 4.78 is 0. The van der Waals surface area contributed by atoms with Crippen LogP contribution in [0.15, 0.2) is 73.2 Å². The van der Waals surface area contributed by atoms with Gasteiger partial charge in [-0.05, 0) is 67.9 Å². The number of likely N-dealkylation sites (tertiary alicyclic amines) is 1. The zero-order valence-corrected chi connectivity index (χ0v) is 18.4. The third-order valence-corrected chi connectivity index (χ3v) is 5.91. The summed E-state index contributed by atoms with van der Waals surface area (Å²) in [5.74, 6) is 0.0341. The van der Waals surface area contributed by atoms with E-state index in [2.05, 4.69) is 30.4 Å². The van der Waals surface area contributed by atoms with Crippen molar-refractivity contribution in [3.8, 4) is 33.8 Å². The van der Waals surface area contributed by atoms with E-state index in [0.29, 0.717) is 6.54 Å². The van der Waals surface area contributed by atoms with E-state index in [-0.39, 0.29) is 5.91 Å². The van der Waals surface area contributed by atoms with Crippen molar-refractivity contribution in [3.05, 3.63) is 73.2 Å². The Morgan fingerprint density at radius 1 is 0.909 bits per heavy atom. The molecule has 0 aliphatic carbocycles. The van der Waals surface area contributed by atoms with Crippen LogP contribution >= 0.6 is 0 Å². The van der Waals surface area contributed by atoms with Crippen molar-refractivity contribution in [1.82, 2.24) is 25.1 Å². The number of amides is 1. The number of hydrogen-bond acceptors (Lipinski definition) is 5. The predicted molar refractivity (Wildman–Crippen MR) is 129 cm³/mol. The highest BCUT2D eigenvalue weighted by molar-refractivity contribution is 5.92. The topological polar surface area (TPSA) is 86.8 Å². The van der Waals surface area contributed by atoms with Crippen molar-refractivity contribution >= 4 is 11.6 Å². The van der Waals surface area contributed by atoms with Crippen LogP contribution in [0.4, 0.5) is 5.69 Å². The van der Waals surface area contributed by atoms with Gasteiger partial charge < -0.3 is 5.32 Å². The van der Waals surface area contributed by atoms with E-state index in [0.717, 1.165) is 52.5 Å². The van der Waals surface area contributed by atoms with Gasteiger partial charge >= 0.3 is 0 Å². The van der Waals surface area contributed by atoms with Gasteiger partial charge in [-0.2, -0.15) is 5.10 Å². The van der Waals surface area contributed by atoms with Crippen LogP contribution in [0.1, 0.15) is 19.3 Å². The number of nitrogens with one attached hydrogen (secondary N) is 2. The summed E-state index contributed by atoms with van der Waals surface area (Å²) in [7, 11) is 0. The van der Waals surface area contributed by atoms with Crippen LogP contribution in [0.5, 0.6) is 0 Å². The van der Waals surface area contributed by atoms with Gasteiger partial charge in [-0.15, -0.1) is 0 Å². The average Bonchev–Trinajstić information content (AvgIpc) is 3.36. The number of hydrogen-bond donors (Lipinski definition) is 2. The number of anilines is 1. The Kier molecular flexibility index (Phi) is 6.21. The molecular formula is C26H26N6O. The van der Waals surface area contributed by atoms with Crippen LogP contribution in [0.3, 0.4) is 0 Å². The smallest absolute Gasteiger partial charge is 0.238 e.